The lowest BCUT2D eigenvalue weighted by Gasteiger charge is -2.31. The van der Waals surface area contributed by atoms with Crippen molar-refractivity contribution in [3.8, 4) is 0 Å². The molecule has 1 atom stereocenters. The maximum atomic E-state index is 12.9. The molecule has 1 rings (SSSR count). The van der Waals surface area contributed by atoms with Crippen LogP contribution in [0.25, 0.3) is 0 Å². The van der Waals surface area contributed by atoms with Crippen molar-refractivity contribution >= 4 is 5.97 Å². The Morgan fingerprint density at radius 2 is 1.67 bits per heavy atom. The molecule has 0 saturated heterocycles. The first kappa shape index (κ1) is 14.7. The van der Waals surface area contributed by atoms with E-state index in [1.165, 1.54) is 12.1 Å². The smallest absolute Gasteiger partial charge is 0.316 e. The van der Waals surface area contributed by atoms with E-state index in [9.17, 15) is 9.18 Å². The molecule has 18 heavy (non-hydrogen) atoms. The number of hydrogen-bond donors (Lipinski definition) is 0. The first-order valence-electron chi connectivity index (χ1n) is 6.18. The predicted octanol–water partition coefficient (Wildman–Crippen LogP) is 3.84. The number of rotatable bonds is 3. The van der Waals surface area contributed by atoms with Gasteiger partial charge in [-0.3, -0.25) is 4.79 Å². The second-order valence-corrected chi connectivity index (χ2v) is 5.69. The Balaban J connectivity index is 3.05. The zero-order chi connectivity index (χ0) is 14.0. The van der Waals surface area contributed by atoms with Gasteiger partial charge in [-0.2, -0.15) is 0 Å². The quantitative estimate of drug-likeness (QED) is 0.764. The van der Waals surface area contributed by atoms with Gasteiger partial charge in [-0.15, -0.1) is 0 Å². The Bertz CT molecular complexity index is 417. The fraction of sp³-hybridized carbons (Fsp3) is 0.533. The van der Waals surface area contributed by atoms with Gasteiger partial charge in [0.2, 0.25) is 0 Å². The number of esters is 1. The molecule has 3 heteroatoms. The Kier molecular flexibility index (Phi) is 4.15. The van der Waals surface area contributed by atoms with Crippen LogP contribution in [0.2, 0.25) is 0 Å². The van der Waals surface area contributed by atoms with Crippen molar-refractivity contribution in [1.82, 2.24) is 0 Å². The summed E-state index contributed by atoms with van der Waals surface area (Å²) in [6.07, 6.45) is 0.605. The largest absolute Gasteiger partial charge is 0.459 e. The van der Waals surface area contributed by atoms with E-state index in [1.807, 2.05) is 34.6 Å². The van der Waals surface area contributed by atoms with Crippen LogP contribution in [-0.4, -0.2) is 11.6 Å². The van der Waals surface area contributed by atoms with Crippen molar-refractivity contribution in [2.75, 3.05) is 0 Å². The van der Waals surface area contributed by atoms with Crippen LogP contribution in [0, 0.1) is 5.82 Å². The molecule has 0 aliphatic carbocycles. The van der Waals surface area contributed by atoms with E-state index in [2.05, 4.69) is 0 Å². The lowest BCUT2D eigenvalue weighted by molar-refractivity contribution is -0.161. The van der Waals surface area contributed by atoms with Crippen LogP contribution in [0.3, 0.4) is 0 Å². The number of carbonyl (C=O) groups excluding carboxylic acids is 1. The van der Waals surface area contributed by atoms with Gasteiger partial charge in [-0.1, -0.05) is 19.1 Å². The summed E-state index contributed by atoms with van der Waals surface area (Å²) in [6, 6.07) is 6.02. The molecule has 0 radical (unpaired) electrons. The molecule has 0 aliphatic rings. The monoisotopic (exact) mass is 252 g/mol. The van der Waals surface area contributed by atoms with Crippen molar-refractivity contribution in [2.24, 2.45) is 0 Å². The third kappa shape index (κ3) is 3.31. The second-order valence-electron chi connectivity index (χ2n) is 5.69. The van der Waals surface area contributed by atoms with Crippen LogP contribution >= 0.6 is 0 Å². The molecule has 2 nitrogen and oxygen atoms in total. The second kappa shape index (κ2) is 5.09. The number of carbonyl (C=O) groups is 1. The molecule has 0 spiro atoms. The van der Waals surface area contributed by atoms with Gasteiger partial charge in [-0.05, 0) is 51.8 Å². The molecule has 0 amide bonds. The van der Waals surface area contributed by atoms with Crippen molar-refractivity contribution < 1.29 is 13.9 Å². The minimum atomic E-state index is -0.735. The summed E-state index contributed by atoms with van der Waals surface area (Å²) in [5, 5.41) is 0. The fourth-order valence-corrected chi connectivity index (χ4v) is 1.67. The van der Waals surface area contributed by atoms with Gasteiger partial charge >= 0.3 is 5.97 Å². The van der Waals surface area contributed by atoms with Gasteiger partial charge < -0.3 is 4.74 Å². The van der Waals surface area contributed by atoms with Gasteiger partial charge in [0.1, 0.15) is 11.4 Å². The van der Waals surface area contributed by atoms with E-state index in [-0.39, 0.29) is 11.8 Å². The fourth-order valence-electron chi connectivity index (χ4n) is 1.67. The molecule has 0 saturated carbocycles. The van der Waals surface area contributed by atoms with Crippen LogP contribution in [0.4, 0.5) is 4.39 Å². The van der Waals surface area contributed by atoms with Gasteiger partial charge in [-0.25, -0.2) is 4.39 Å². The highest BCUT2D eigenvalue weighted by Gasteiger charge is 2.37. The highest BCUT2D eigenvalue weighted by Crippen LogP contribution is 2.30. The molecule has 0 bridgehead atoms. The molecule has 1 unspecified atom stereocenters. The average Bonchev–Trinajstić information content (AvgIpc) is 2.26. The average molecular weight is 252 g/mol. The first-order chi connectivity index (χ1) is 8.19. The zero-order valence-corrected chi connectivity index (χ0v) is 11.7. The van der Waals surface area contributed by atoms with Crippen molar-refractivity contribution in [1.29, 1.82) is 0 Å². The van der Waals surface area contributed by atoms with E-state index < -0.39 is 11.0 Å². The van der Waals surface area contributed by atoms with Gasteiger partial charge in [0.25, 0.3) is 0 Å². The van der Waals surface area contributed by atoms with E-state index >= 15 is 0 Å². The van der Waals surface area contributed by atoms with E-state index in [1.54, 1.807) is 12.1 Å². The lowest BCUT2D eigenvalue weighted by Crippen LogP contribution is -2.38. The van der Waals surface area contributed by atoms with Crippen molar-refractivity contribution in [2.45, 2.75) is 52.1 Å². The van der Waals surface area contributed by atoms with Crippen LogP contribution in [0.15, 0.2) is 24.3 Å². The van der Waals surface area contributed by atoms with E-state index in [0.717, 1.165) is 5.56 Å². The summed E-state index contributed by atoms with van der Waals surface area (Å²) in [6.45, 7) is 9.27. The van der Waals surface area contributed by atoms with Crippen molar-refractivity contribution in [3.05, 3.63) is 35.6 Å². The third-order valence-corrected chi connectivity index (χ3v) is 3.04. The van der Waals surface area contributed by atoms with Crippen LogP contribution in [-0.2, 0) is 14.9 Å². The van der Waals surface area contributed by atoms with Gasteiger partial charge in [0.05, 0.1) is 5.41 Å². The van der Waals surface area contributed by atoms with E-state index in [4.69, 9.17) is 4.74 Å². The summed E-state index contributed by atoms with van der Waals surface area (Å²) in [5.74, 6) is -0.578. The highest BCUT2D eigenvalue weighted by molar-refractivity contribution is 5.83. The number of benzene rings is 1. The minimum absolute atomic E-state index is 0.274. The normalized spacial score (nSPS) is 15.0. The number of ether oxygens (including phenoxy) is 1. The van der Waals surface area contributed by atoms with Crippen LogP contribution in [0.5, 0.6) is 0 Å². The third-order valence-electron chi connectivity index (χ3n) is 3.04. The minimum Gasteiger partial charge on any atom is -0.459 e. The van der Waals surface area contributed by atoms with Crippen LogP contribution in [0.1, 0.15) is 46.6 Å². The van der Waals surface area contributed by atoms with Gasteiger partial charge in [0.15, 0.2) is 0 Å². The molecule has 0 N–H and O–H groups in total. The first-order valence-corrected chi connectivity index (χ1v) is 6.18. The zero-order valence-electron chi connectivity index (χ0n) is 11.7. The van der Waals surface area contributed by atoms with Crippen molar-refractivity contribution in [3.63, 3.8) is 0 Å². The summed E-state index contributed by atoms with van der Waals surface area (Å²) in [5.41, 5.74) is -0.477. The molecule has 0 heterocycles. The lowest BCUT2D eigenvalue weighted by atomic mass is 9.80. The number of halogens is 1. The maximum absolute atomic E-state index is 12.9. The molecular formula is C15H21FO2. The summed E-state index contributed by atoms with van der Waals surface area (Å²) < 4.78 is 18.4. The summed E-state index contributed by atoms with van der Waals surface area (Å²) in [4.78, 5) is 12.3. The Morgan fingerprint density at radius 3 is 2.06 bits per heavy atom. The Hall–Kier alpha value is -1.38. The van der Waals surface area contributed by atoms with Crippen LogP contribution < -0.4 is 0 Å². The molecule has 100 valence electrons. The molecule has 0 aliphatic heterocycles. The topological polar surface area (TPSA) is 26.3 Å². The van der Waals surface area contributed by atoms with Gasteiger partial charge in [0, 0.05) is 0 Å². The maximum Gasteiger partial charge on any atom is 0.316 e. The Morgan fingerprint density at radius 1 is 1.17 bits per heavy atom. The molecular weight excluding hydrogens is 231 g/mol. The van der Waals surface area contributed by atoms with E-state index in [0.29, 0.717) is 6.42 Å². The standard InChI is InChI=1S/C15H21FO2/c1-6-15(5,13(17)18-14(2,3)4)11-7-9-12(16)10-8-11/h7-10H,6H2,1-5H3. The molecule has 0 aromatic heterocycles. The summed E-state index contributed by atoms with van der Waals surface area (Å²) in [7, 11) is 0. The SMILES string of the molecule is CCC(C)(C(=O)OC(C)(C)C)c1ccc(F)cc1. The molecule has 1 aromatic rings. The molecule has 1 aromatic carbocycles. The highest BCUT2D eigenvalue weighted by atomic mass is 19.1. The predicted molar refractivity (Wildman–Crippen MR) is 69.9 cm³/mol. The molecule has 0 fully saturated rings. The Labute approximate surface area is 108 Å². The number of hydrogen-bond acceptors (Lipinski definition) is 2. The summed E-state index contributed by atoms with van der Waals surface area (Å²) >= 11 is 0.